The lowest BCUT2D eigenvalue weighted by atomic mass is 9.96. The molecule has 0 saturated carbocycles. The Bertz CT molecular complexity index is 657. The minimum Gasteiger partial charge on any atom is -0.324 e. The lowest BCUT2D eigenvalue weighted by molar-refractivity contribution is -0.118. The van der Waals surface area contributed by atoms with Gasteiger partial charge in [-0.2, -0.15) is 0 Å². The van der Waals surface area contributed by atoms with Crippen LogP contribution in [0.4, 0.5) is 5.69 Å². The van der Waals surface area contributed by atoms with E-state index in [1.54, 1.807) is 4.90 Å². The van der Waals surface area contributed by atoms with Crippen LogP contribution in [0.3, 0.4) is 0 Å². The van der Waals surface area contributed by atoms with E-state index in [1.807, 2.05) is 24.3 Å². The first kappa shape index (κ1) is 14.5. The zero-order valence-electron chi connectivity index (χ0n) is 11.9. The third-order valence-electron chi connectivity index (χ3n) is 4.41. The fraction of sp³-hybridized carbons (Fsp3) is 0.533. The molecule has 0 aliphatic carbocycles. The molecule has 2 N–H and O–H groups in total. The van der Waals surface area contributed by atoms with E-state index in [2.05, 4.69) is 0 Å². The number of nitrogens with two attached hydrogens (primary N) is 1. The number of carbonyl (C=O) groups excluding carboxylic acids is 1. The molecule has 2 heterocycles. The van der Waals surface area contributed by atoms with Crippen LogP contribution in [-0.2, 0) is 14.6 Å². The highest BCUT2D eigenvalue weighted by atomic mass is 32.2. The van der Waals surface area contributed by atoms with Crippen LogP contribution in [0.15, 0.2) is 24.3 Å². The van der Waals surface area contributed by atoms with Crippen LogP contribution in [0.1, 0.15) is 37.3 Å². The smallest absolute Gasteiger partial charge is 0.245 e. The molecule has 0 bridgehead atoms. The van der Waals surface area contributed by atoms with Crippen molar-refractivity contribution in [2.45, 2.75) is 37.0 Å². The molecular formula is C15H20N2O3S. The summed E-state index contributed by atoms with van der Waals surface area (Å²) in [4.78, 5) is 14.4. The second-order valence-corrected chi connectivity index (χ2v) is 8.10. The van der Waals surface area contributed by atoms with Crippen molar-refractivity contribution in [1.29, 1.82) is 0 Å². The number of hydrogen-bond donors (Lipinski definition) is 1. The molecule has 0 aromatic heterocycles. The molecule has 21 heavy (non-hydrogen) atoms. The molecule has 1 aromatic rings. The van der Waals surface area contributed by atoms with Gasteiger partial charge in [0.15, 0.2) is 9.84 Å². The van der Waals surface area contributed by atoms with Gasteiger partial charge in [-0.15, -0.1) is 0 Å². The molecule has 2 aliphatic heterocycles. The predicted octanol–water partition coefficient (Wildman–Crippen LogP) is 1.39. The van der Waals surface area contributed by atoms with Gasteiger partial charge in [-0.05, 0) is 30.9 Å². The summed E-state index contributed by atoms with van der Waals surface area (Å²) in [7, 11) is -3.31. The molecule has 6 heteroatoms. The van der Waals surface area contributed by atoms with E-state index in [1.165, 1.54) is 0 Å². The summed E-state index contributed by atoms with van der Waals surface area (Å²) in [5, 5.41) is -0.881. The summed E-state index contributed by atoms with van der Waals surface area (Å²) >= 11 is 0. The Hall–Kier alpha value is -1.40. The topological polar surface area (TPSA) is 80.5 Å². The number of sulfone groups is 1. The van der Waals surface area contributed by atoms with Gasteiger partial charge in [0, 0.05) is 18.3 Å². The van der Waals surface area contributed by atoms with Crippen molar-refractivity contribution in [3.63, 3.8) is 0 Å². The van der Waals surface area contributed by atoms with E-state index in [-0.39, 0.29) is 17.7 Å². The van der Waals surface area contributed by atoms with E-state index >= 15 is 0 Å². The van der Waals surface area contributed by atoms with Gasteiger partial charge in [0.05, 0.1) is 5.75 Å². The number of fused-ring (bicyclic) bond motifs is 1. The molecule has 2 unspecified atom stereocenters. The normalized spacial score (nSPS) is 28.0. The molecule has 1 aromatic carbocycles. The summed E-state index contributed by atoms with van der Waals surface area (Å²) in [6.07, 6.45) is 2.56. The number of anilines is 1. The van der Waals surface area contributed by atoms with E-state index in [9.17, 15) is 13.2 Å². The second-order valence-electron chi connectivity index (χ2n) is 5.80. The van der Waals surface area contributed by atoms with Crippen molar-refractivity contribution in [3.8, 4) is 0 Å². The Kier molecular flexibility index (Phi) is 3.75. The van der Waals surface area contributed by atoms with Crippen molar-refractivity contribution in [3.05, 3.63) is 29.8 Å². The fourth-order valence-corrected chi connectivity index (χ4v) is 5.08. The first-order valence-corrected chi connectivity index (χ1v) is 9.10. The van der Waals surface area contributed by atoms with E-state index < -0.39 is 15.1 Å². The zero-order valence-corrected chi connectivity index (χ0v) is 12.7. The maximum atomic E-state index is 12.7. The summed E-state index contributed by atoms with van der Waals surface area (Å²) in [5.41, 5.74) is 7.77. The van der Waals surface area contributed by atoms with Crippen molar-refractivity contribution in [2.75, 3.05) is 17.2 Å². The maximum absolute atomic E-state index is 12.7. The molecule has 1 amide bonds. The lowest BCUT2D eigenvalue weighted by Crippen LogP contribution is -2.48. The molecule has 114 valence electrons. The first-order valence-electron chi connectivity index (χ1n) is 7.38. The lowest BCUT2D eigenvalue weighted by Gasteiger charge is -2.35. The molecule has 1 fully saturated rings. The van der Waals surface area contributed by atoms with Gasteiger partial charge in [-0.25, -0.2) is 8.42 Å². The van der Waals surface area contributed by atoms with Crippen LogP contribution >= 0.6 is 0 Å². The van der Waals surface area contributed by atoms with Crippen LogP contribution in [-0.4, -0.2) is 31.9 Å². The Morgan fingerprint density at radius 3 is 2.71 bits per heavy atom. The van der Waals surface area contributed by atoms with E-state index in [0.29, 0.717) is 25.8 Å². The minimum atomic E-state index is -3.31. The average Bonchev–Trinajstić information content (AvgIpc) is 2.47. The Morgan fingerprint density at radius 1 is 1.19 bits per heavy atom. The number of rotatable bonds is 1. The van der Waals surface area contributed by atoms with Gasteiger partial charge < -0.3 is 10.6 Å². The third-order valence-corrected chi connectivity index (χ3v) is 6.57. The van der Waals surface area contributed by atoms with Gasteiger partial charge in [0.25, 0.3) is 0 Å². The van der Waals surface area contributed by atoms with Crippen LogP contribution in [0.25, 0.3) is 0 Å². The van der Waals surface area contributed by atoms with Crippen LogP contribution in [0.2, 0.25) is 0 Å². The molecule has 3 rings (SSSR count). The van der Waals surface area contributed by atoms with Crippen LogP contribution in [0.5, 0.6) is 0 Å². The minimum absolute atomic E-state index is 0.0896. The van der Waals surface area contributed by atoms with Crippen molar-refractivity contribution >= 4 is 21.4 Å². The highest BCUT2D eigenvalue weighted by molar-refractivity contribution is 7.92. The molecule has 2 atom stereocenters. The molecule has 0 spiro atoms. The highest BCUT2D eigenvalue weighted by Gasteiger charge is 2.39. The summed E-state index contributed by atoms with van der Waals surface area (Å²) < 4.78 is 24.3. The van der Waals surface area contributed by atoms with Crippen LogP contribution in [0, 0.1) is 0 Å². The molecule has 2 aliphatic rings. The van der Waals surface area contributed by atoms with Gasteiger partial charge in [0.2, 0.25) is 5.91 Å². The van der Waals surface area contributed by atoms with E-state index in [4.69, 9.17) is 5.73 Å². The Labute approximate surface area is 125 Å². The average molecular weight is 308 g/mol. The van der Waals surface area contributed by atoms with Gasteiger partial charge in [0.1, 0.15) is 5.25 Å². The SMILES string of the molecule is NC1CCN(C(=O)C2CCCCS2(=O)=O)c2ccccc21. The number of hydrogen-bond acceptors (Lipinski definition) is 4. The Morgan fingerprint density at radius 2 is 1.95 bits per heavy atom. The quantitative estimate of drug-likeness (QED) is 0.850. The number of para-hydroxylation sites is 1. The first-order chi connectivity index (χ1) is 10.0. The van der Waals surface area contributed by atoms with Crippen molar-refractivity contribution < 1.29 is 13.2 Å². The number of carbonyl (C=O) groups is 1. The molecule has 5 nitrogen and oxygen atoms in total. The highest BCUT2D eigenvalue weighted by Crippen LogP contribution is 2.34. The van der Waals surface area contributed by atoms with Gasteiger partial charge in [-0.3, -0.25) is 4.79 Å². The van der Waals surface area contributed by atoms with Crippen molar-refractivity contribution in [2.24, 2.45) is 5.73 Å². The fourth-order valence-electron chi connectivity index (χ4n) is 3.23. The maximum Gasteiger partial charge on any atom is 0.245 e. The number of benzene rings is 1. The third kappa shape index (κ3) is 2.58. The van der Waals surface area contributed by atoms with Crippen LogP contribution < -0.4 is 10.6 Å². The van der Waals surface area contributed by atoms with Gasteiger partial charge in [-0.1, -0.05) is 24.6 Å². The predicted molar refractivity (Wildman–Crippen MR) is 81.8 cm³/mol. The summed E-state index contributed by atoms with van der Waals surface area (Å²) in [6.45, 7) is 0.489. The zero-order chi connectivity index (χ0) is 15.0. The molecular weight excluding hydrogens is 288 g/mol. The number of nitrogens with zero attached hydrogens (tertiary/aromatic N) is 1. The Balaban J connectivity index is 1.94. The largest absolute Gasteiger partial charge is 0.324 e. The van der Waals surface area contributed by atoms with E-state index in [0.717, 1.165) is 17.7 Å². The number of amides is 1. The second kappa shape index (κ2) is 5.42. The van der Waals surface area contributed by atoms with Gasteiger partial charge >= 0.3 is 0 Å². The molecule has 0 radical (unpaired) electrons. The molecule has 1 saturated heterocycles. The summed E-state index contributed by atoms with van der Waals surface area (Å²) in [6, 6.07) is 7.42. The standard InChI is InChI=1S/C15H20N2O3S/c16-12-8-9-17(13-6-2-1-5-11(12)13)15(18)14-7-3-4-10-21(14,19)20/h1-2,5-6,12,14H,3-4,7-10,16H2. The van der Waals surface area contributed by atoms with Crippen molar-refractivity contribution in [1.82, 2.24) is 0 Å². The summed E-state index contributed by atoms with van der Waals surface area (Å²) in [5.74, 6) is -0.160. The monoisotopic (exact) mass is 308 g/mol.